The molecule has 0 saturated heterocycles. The fraction of sp³-hybridized carbons (Fsp3) is 0.263. The summed E-state index contributed by atoms with van der Waals surface area (Å²) in [5.41, 5.74) is 2.53. The lowest BCUT2D eigenvalue weighted by atomic mass is 9.92. The van der Waals surface area contributed by atoms with Gasteiger partial charge in [0.1, 0.15) is 0 Å². The molecule has 0 aliphatic rings. The number of nitrogens with one attached hydrogen (secondary N) is 1. The zero-order valence-corrected chi connectivity index (χ0v) is 13.8. The summed E-state index contributed by atoms with van der Waals surface area (Å²) in [6.45, 7) is 4.11. The van der Waals surface area contributed by atoms with Gasteiger partial charge < -0.3 is 10.0 Å². The molecule has 0 radical (unpaired) electrons. The monoisotopic (exact) mass is 313 g/mol. The SMILES string of the molecule is C=CC(=O)O.C[NH+](C)CCC(c1ccccc1)c1ccccn1. The number of carboxylic acid groups (broad SMARTS) is 1. The van der Waals surface area contributed by atoms with E-state index < -0.39 is 5.97 Å². The maximum absolute atomic E-state index is 9.25. The van der Waals surface area contributed by atoms with Gasteiger partial charge in [-0.3, -0.25) is 4.98 Å². The van der Waals surface area contributed by atoms with Gasteiger partial charge in [-0.05, 0) is 17.7 Å². The Morgan fingerprint density at radius 1 is 1.22 bits per heavy atom. The van der Waals surface area contributed by atoms with Crippen LogP contribution in [0.3, 0.4) is 0 Å². The number of aromatic nitrogens is 1. The molecule has 4 nitrogen and oxygen atoms in total. The standard InChI is InChI=1S/C16H20N2.C3H4O2/c1-18(2)13-11-15(14-8-4-3-5-9-14)16-10-6-7-12-17-16;1-2-3(4)5/h3-10,12,15H,11,13H2,1-2H3;2H,1H2,(H,4,5)/p+1. The van der Waals surface area contributed by atoms with Crippen LogP contribution in [-0.4, -0.2) is 36.7 Å². The summed E-state index contributed by atoms with van der Waals surface area (Å²) in [5, 5.41) is 7.60. The van der Waals surface area contributed by atoms with Crippen molar-refractivity contribution in [3.8, 4) is 0 Å². The van der Waals surface area contributed by atoms with Crippen LogP contribution < -0.4 is 4.90 Å². The third-order valence-electron chi connectivity index (χ3n) is 3.35. The van der Waals surface area contributed by atoms with Crippen molar-refractivity contribution in [3.63, 3.8) is 0 Å². The van der Waals surface area contributed by atoms with Crippen molar-refractivity contribution in [2.75, 3.05) is 20.6 Å². The fourth-order valence-corrected chi connectivity index (χ4v) is 2.19. The van der Waals surface area contributed by atoms with Crippen LogP contribution >= 0.6 is 0 Å². The van der Waals surface area contributed by atoms with Crippen LogP contribution in [0.4, 0.5) is 0 Å². The first kappa shape index (κ1) is 18.6. The molecule has 0 fully saturated rings. The molecule has 1 atom stereocenters. The minimum atomic E-state index is -0.981. The van der Waals surface area contributed by atoms with E-state index in [0.717, 1.165) is 19.0 Å². The maximum Gasteiger partial charge on any atom is 0.327 e. The van der Waals surface area contributed by atoms with E-state index in [0.29, 0.717) is 5.92 Å². The minimum Gasteiger partial charge on any atom is -0.478 e. The van der Waals surface area contributed by atoms with E-state index in [1.165, 1.54) is 16.2 Å². The molecule has 0 amide bonds. The van der Waals surface area contributed by atoms with Gasteiger partial charge in [-0.1, -0.05) is 43.0 Å². The number of benzene rings is 1. The lowest BCUT2D eigenvalue weighted by molar-refractivity contribution is -0.858. The molecule has 1 heterocycles. The minimum absolute atomic E-state index is 0.405. The van der Waals surface area contributed by atoms with Gasteiger partial charge in [-0.15, -0.1) is 0 Å². The second kappa shape index (κ2) is 10.3. The fourth-order valence-electron chi connectivity index (χ4n) is 2.19. The van der Waals surface area contributed by atoms with Crippen LogP contribution in [0.25, 0.3) is 0 Å². The number of hydrogen-bond donors (Lipinski definition) is 2. The highest BCUT2D eigenvalue weighted by molar-refractivity contribution is 5.78. The van der Waals surface area contributed by atoms with Crippen molar-refractivity contribution in [1.82, 2.24) is 4.98 Å². The molecule has 2 aromatic rings. The number of rotatable bonds is 6. The Morgan fingerprint density at radius 2 is 1.83 bits per heavy atom. The van der Waals surface area contributed by atoms with Gasteiger partial charge in [0, 0.05) is 30.3 Å². The molecular formula is C19H25N2O2+. The molecule has 0 aliphatic heterocycles. The quantitative estimate of drug-likeness (QED) is 0.802. The van der Waals surface area contributed by atoms with Crippen molar-refractivity contribution in [3.05, 3.63) is 78.6 Å². The molecule has 1 aromatic carbocycles. The Kier molecular flexibility index (Phi) is 8.32. The van der Waals surface area contributed by atoms with Crippen molar-refractivity contribution in [2.24, 2.45) is 0 Å². The van der Waals surface area contributed by atoms with Gasteiger partial charge in [0.15, 0.2) is 0 Å². The molecular weight excluding hydrogens is 288 g/mol. The summed E-state index contributed by atoms with van der Waals surface area (Å²) >= 11 is 0. The summed E-state index contributed by atoms with van der Waals surface area (Å²) in [5.74, 6) is -0.577. The van der Waals surface area contributed by atoms with Gasteiger partial charge >= 0.3 is 5.97 Å². The molecule has 122 valence electrons. The van der Waals surface area contributed by atoms with Crippen molar-refractivity contribution >= 4 is 5.97 Å². The van der Waals surface area contributed by atoms with Crippen LogP contribution in [-0.2, 0) is 4.79 Å². The summed E-state index contributed by atoms with van der Waals surface area (Å²) in [6, 6.07) is 16.8. The Labute approximate surface area is 138 Å². The first-order chi connectivity index (χ1) is 11.0. The van der Waals surface area contributed by atoms with Gasteiger partial charge in [-0.25, -0.2) is 4.79 Å². The first-order valence-corrected chi connectivity index (χ1v) is 7.64. The molecule has 2 N–H and O–H groups in total. The molecule has 23 heavy (non-hydrogen) atoms. The van der Waals surface area contributed by atoms with E-state index in [1.54, 1.807) is 0 Å². The van der Waals surface area contributed by atoms with E-state index in [1.807, 2.05) is 12.3 Å². The molecule has 2 rings (SSSR count). The molecule has 0 bridgehead atoms. The van der Waals surface area contributed by atoms with E-state index in [-0.39, 0.29) is 0 Å². The molecule has 0 saturated carbocycles. The number of nitrogens with zero attached hydrogens (tertiary/aromatic N) is 1. The average molecular weight is 313 g/mol. The lowest BCUT2D eigenvalue weighted by Gasteiger charge is -2.18. The topological polar surface area (TPSA) is 54.6 Å². The Balaban J connectivity index is 0.000000463. The van der Waals surface area contributed by atoms with Crippen molar-refractivity contribution in [2.45, 2.75) is 12.3 Å². The summed E-state index contributed by atoms with van der Waals surface area (Å²) in [4.78, 5) is 15.3. The van der Waals surface area contributed by atoms with Crippen LogP contribution in [0.2, 0.25) is 0 Å². The second-order valence-electron chi connectivity index (χ2n) is 5.51. The molecule has 1 unspecified atom stereocenters. The van der Waals surface area contributed by atoms with Crippen LogP contribution in [0, 0.1) is 0 Å². The van der Waals surface area contributed by atoms with Crippen molar-refractivity contribution in [1.29, 1.82) is 0 Å². The van der Waals surface area contributed by atoms with Gasteiger partial charge in [0.2, 0.25) is 0 Å². The third-order valence-corrected chi connectivity index (χ3v) is 3.35. The summed E-state index contributed by atoms with van der Waals surface area (Å²) < 4.78 is 0. The first-order valence-electron chi connectivity index (χ1n) is 7.64. The van der Waals surface area contributed by atoms with Crippen molar-refractivity contribution < 1.29 is 14.8 Å². The zero-order valence-electron chi connectivity index (χ0n) is 13.8. The van der Waals surface area contributed by atoms with E-state index in [2.05, 4.69) is 68.1 Å². The average Bonchev–Trinajstić information content (AvgIpc) is 2.57. The Hall–Kier alpha value is -2.46. The molecule has 0 aliphatic carbocycles. The highest BCUT2D eigenvalue weighted by atomic mass is 16.4. The normalized spacial score (nSPS) is 11.3. The summed E-state index contributed by atoms with van der Waals surface area (Å²) in [7, 11) is 4.39. The van der Waals surface area contributed by atoms with Crippen LogP contribution in [0.15, 0.2) is 67.4 Å². The highest BCUT2D eigenvalue weighted by Crippen LogP contribution is 2.25. The number of quaternary nitrogens is 1. The maximum atomic E-state index is 9.25. The van der Waals surface area contributed by atoms with Gasteiger partial charge in [0.05, 0.1) is 20.6 Å². The van der Waals surface area contributed by atoms with Crippen LogP contribution in [0.1, 0.15) is 23.6 Å². The predicted octanol–water partition coefficient (Wildman–Crippen LogP) is 2.01. The zero-order chi connectivity index (χ0) is 17.1. The number of aliphatic carboxylic acids is 1. The third kappa shape index (κ3) is 7.38. The largest absolute Gasteiger partial charge is 0.478 e. The van der Waals surface area contributed by atoms with E-state index in [4.69, 9.17) is 5.11 Å². The van der Waals surface area contributed by atoms with Gasteiger partial charge in [0.25, 0.3) is 0 Å². The van der Waals surface area contributed by atoms with Gasteiger partial charge in [-0.2, -0.15) is 0 Å². The molecule has 1 aromatic heterocycles. The number of hydrogen-bond acceptors (Lipinski definition) is 2. The number of carbonyl (C=O) groups is 1. The van der Waals surface area contributed by atoms with E-state index in [9.17, 15) is 4.79 Å². The second-order valence-corrected chi connectivity index (χ2v) is 5.51. The number of carboxylic acids is 1. The predicted molar refractivity (Wildman–Crippen MR) is 92.6 cm³/mol. The molecule has 4 heteroatoms. The van der Waals surface area contributed by atoms with Crippen LogP contribution in [0.5, 0.6) is 0 Å². The lowest BCUT2D eigenvalue weighted by Crippen LogP contribution is -3.05. The summed E-state index contributed by atoms with van der Waals surface area (Å²) in [6.07, 6.45) is 3.84. The smallest absolute Gasteiger partial charge is 0.327 e. The Bertz CT molecular complexity index is 543. The highest BCUT2D eigenvalue weighted by Gasteiger charge is 2.16. The number of pyridine rings is 1. The van der Waals surface area contributed by atoms with E-state index >= 15 is 0 Å². The Morgan fingerprint density at radius 3 is 2.30 bits per heavy atom. The molecule has 0 spiro atoms.